The van der Waals surface area contributed by atoms with Crippen LogP contribution in [0, 0.1) is 6.92 Å². The van der Waals surface area contributed by atoms with Gasteiger partial charge in [-0.2, -0.15) is 0 Å². The Hall–Kier alpha value is -2.24. The van der Waals surface area contributed by atoms with Crippen LogP contribution in [0.5, 0.6) is 0 Å². The molecule has 122 valence electrons. The quantitative estimate of drug-likeness (QED) is 0.862. The van der Waals surface area contributed by atoms with Crippen molar-refractivity contribution in [3.05, 3.63) is 35.0 Å². The average molecular weight is 312 g/mol. The van der Waals surface area contributed by atoms with Crippen LogP contribution in [0.3, 0.4) is 0 Å². The summed E-state index contributed by atoms with van der Waals surface area (Å²) in [6.07, 6.45) is 8.37. The van der Waals surface area contributed by atoms with Gasteiger partial charge < -0.3 is 9.80 Å². The molecule has 0 amide bonds. The van der Waals surface area contributed by atoms with Gasteiger partial charge >= 0.3 is 0 Å². The lowest BCUT2D eigenvalue weighted by Crippen LogP contribution is -2.23. The first-order chi connectivity index (χ1) is 11.0. The highest BCUT2D eigenvalue weighted by Crippen LogP contribution is 2.28. The molecule has 1 aliphatic carbocycles. The van der Waals surface area contributed by atoms with E-state index in [4.69, 9.17) is 4.98 Å². The first-order valence-corrected chi connectivity index (χ1v) is 8.10. The van der Waals surface area contributed by atoms with Crippen molar-refractivity contribution in [3.8, 4) is 0 Å². The lowest BCUT2D eigenvalue weighted by Gasteiger charge is -2.25. The van der Waals surface area contributed by atoms with Crippen LogP contribution >= 0.6 is 0 Å². The Balaban J connectivity index is 1.83. The van der Waals surface area contributed by atoms with Gasteiger partial charge in [0.15, 0.2) is 0 Å². The minimum Gasteiger partial charge on any atom is -0.355 e. The predicted octanol–water partition coefficient (Wildman–Crippen LogP) is 2.16. The molecule has 0 aliphatic heterocycles. The Morgan fingerprint density at radius 2 is 1.70 bits per heavy atom. The first-order valence-electron chi connectivity index (χ1n) is 8.10. The fourth-order valence-corrected chi connectivity index (χ4v) is 3.02. The van der Waals surface area contributed by atoms with Gasteiger partial charge in [0.2, 0.25) is 5.95 Å². The normalized spacial score (nSPS) is 13.6. The molecule has 0 spiro atoms. The van der Waals surface area contributed by atoms with Crippen LogP contribution in [0.15, 0.2) is 12.4 Å². The van der Waals surface area contributed by atoms with Crippen molar-refractivity contribution >= 4 is 11.8 Å². The molecular formula is C17H24N6. The summed E-state index contributed by atoms with van der Waals surface area (Å²) in [5, 5.41) is 0. The Bertz CT molecular complexity index is 680. The number of nitrogens with zero attached hydrogens (tertiary/aromatic N) is 6. The highest BCUT2D eigenvalue weighted by molar-refractivity contribution is 5.50. The van der Waals surface area contributed by atoms with E-state index in [9.17, 15) is 0 Å². The molecule has 3 rings (SSSR count). The minimum atomic E-state index is 0.728. The minimum absolute atomic E-state index is 0.728. The van der Waals surface area contributed by atoms with E-state index in [2.05, 4.69) is 26.9 Å². The molecule has 0 aromatic carbocycles. The van der Waals surface area contributed by atoms with E-state index in [1.54, 1.807) is 0 Å². The molecule has 0 bridgehead atoms. The molecule has 6 heteroatoms. The van der Waals surface area contributed by atoms with Crippen LogP contribution in [-0.4, -0.2) is 41.1 Å². The number of hydrogen-bond acceptors (Lipinski definition) is 6. The molecular weight excluding hydrogens is 288 g/mol. The number of fused-ring (bicyclic) bond motifs is 1. The molecule has 0 unspecified atom stereocenters. The smallest absolute Gasteiger partial charge is 0.224 e. The number of anilines is 2. The maximum Gasteiger partial charge on any atom is 0.224 e. The third kappa shape index (κ3) is 3.41. The third-order valence-electron chi connectivity index (χ3n) is 4.15. The second kappa shape index (κ2) is 6.48. The molecule has 23 heavy (non-hydrogen) atoms. The van der Waals surface area contributed by atoms with Gasteiger partial charge in [-0.1, -0.05) is 0 Å². The van der Waals surface area contributed by atoms with Gasteiger partial charge in [-0.15, -0.1) is 0 Å². The van der Waals surface area contributed by atoms with Crippen LogP contribution in [0.25, 0.3) is 0 Å². The molecule has 0 N–H and O–H groups in total. The SMILES string of the molecule is Cc1nc2c(c(N(C)Cc3cnc(N(C)C)nc3)n1)CCCC2. The number of aryl methyl sites for hydroxylation is 2. The second-order valence-electron chi connectivity index (χ2n) is 6.37. The fourth-order valence-electron chi connectivity index (χ4n) is 3.02. The lowest BCUT2D eigenvalue weighted by atomic mass is 9.96. The molecule has 2 aromatic rings. The Kier molecular flexibility index (Phi) is 4.41. The number of hydrogen-bond donors (Lipinski definition) is 0. The van der Waals surface area contributed by atoms with Crippen molar-refractivity contribution in [2.75, 3.05) is 30.9 Å². The average Bonchev–Trinajstić information content (AvgIpc) is 2.54. The van der Waals surface area contributed by atoms with E-state index in [-0.39, 0.29) is 0 Å². The monoisotopic (exact) mass is 312 g/mol. The van der Waals surface area contributed by atoms with E-state index >= 15 is 0 Å². The maximum absolute atomic E-state index is 4.69. The van der Waals surface area contributed by atoms with Crippen molar-refractivity contribution in [3.63, 3.8) is 0 Å². The number of aromatic nitrogens is 4. The second-order valence-corrected chi connectivity index (χ2v) is 6.37. The topological polar surface area (TPSA) is 58.0 Å². The largest absolute Gasteiger partial charge is 0.355 e. The van der Waals surface area contributed by atoms with Gasteiger partial charge in [0.25, 0.3) is 0 Å². The lowest BCUT2D eigenvalue weighted by molar-refractivity contribution is 0.653. The van der Waals surface area contributed by atoms with Crippen LogP contribution < -0.4 is 9.80 Å². The standard InChI is InChI=1S/C17H24N6/c1-12-20-15-8-6-5-7-14(15)16(21-12)23(4)11-13-9-18-17(19-10-13)22(2)3/h9-10H,5-8,11H2,1-4H3. The van der Waals surface area contributed by atoms with Gasteiger partial charge in [0, 0.05) is 56.9 Å². The van der Waals surface area contributed by atoms with Crippen molar-refractivity contribution < 1.29 is 0 Å². The van der Waals surface area contributed by atoms with E-state index in [1.165, 1.54) is 24.1 Å². The molecule has 1 aliphatic rings. The summed E-state index contributed by atoms with van der Waals surface area (Å²) in [7, 11) is 5.96. The zero-order valence-electron chi connectivity index (χ0n) is 14.4. The van der Waals surface area contributed by atoms with Crippen LogP contribution in [-0.2, 0) is 19.4 Å². The van der Waals surface area contributed by atoms with Crippen molar-refractivity contribution in [2.24, 2.45) is 0 Å². The maximum atomic E-state index is 4.69. The Morgan fingerprint density at radius 3 is 2.39 bits per heavy atom. The predicted molar refractivity (Wildman–Crippen MR) is 91.9 cm³/mol. The molecule has 0 atom stereocenters. The summed E-state index contributed by atoms with van der Waals surface area (Å²) in [6, 6.07) is 0. The zero-order chi connectivity index (χ0) is 16.4. The summed E-state index contributed by atoms with van der Waals surface area (Å²) in [5.74, 6) is 2.64. The van der Waals surface area contributed by atoms with E-state index in [0.717, 1.165) is 42.5 Å². The fraction of sp³-hybridized carbons (Fsp3) is 0.529. The summed E-state index contributed by atoms with van der Waals surface area (Å²) in [5.41, 5.74) is 3.62. The zero-order valence-corrected chi connectivity index (χ0v) is 14.4. The molecule has 6 nitrogen and oxygen atoms in total. The van der Waals surface area contributed by atoms with E-state index in [0.29, 0.717) is 0 Å². The first kappa shape index (κ1) is 15.6. The molecule has 0 saturated carbocycles. The Labute approximate surface area is 137 Å². The summed E-state index contributed by atoms with van der Waals surface area (Å²) >= 11 is 0. The summed E-state index contributed by atoms with van der Waals surface area (Å²) in [4.78, 5) is 22.2. The highest BCUT2D eigenvalue weighted by Gasteiger charge is 2.19. The van der Waals surface area contributed by atoms with Gasteiger partial charge in [0.1, 0.15) is 11.6 Å². The molecule has 2 heterocycles. The van der Waals surface area contributed by atoms with Gasteiger partial charge in [-0.25, -0.2) is 19.9 Å². The third-order valence-corrected chi connectivity index (χ3v) is 4.15. The van der Waals surface area contributed by atoms with E-state index < -0.39 is 0 Å². The molecule has 0 fully saturated rings. The van der Waals surface area contributed by atoms with Gasteiger partial charge in [0.05, 0.1) is 0 Å². The van der Waals surface area contributed by atoms with Gasteiger partial charge in [-0.05, 0) is 32.6 Å². The molecule has 0 saturated heterocycles. The molecule has 0 radical (unpaired) electrons. The van der Waals surface area contributed by atoms with Crippen molar-refractivity contribution in [2.45, 2.75) is 39.2 Å². The Morgan fingerprint density at radius 1 is 1.00 bits per heavy atom. The highest BCUT2D eigenvalue weighted by atomic mass is 15.2. The van der Waals surface area contributed by atoms with Crippen LogP contribution in [0.4, 0.5) is 11.8 Å². The summed E-state index contributed by atoms with van der Waals surface area (Å²) < 4.78 is 0. The summed E-state index contributed by atoms with van der Waals surface area (Å²) in [6.45, 7) is 2.72. The molecule has 2 aromatic heterocycles. The van der Waals surface area contributed by atoms with Crippen molar-refractivity contribution in [1.29, 1.82) is 0 Å². The van der Waals surface area contributed by atoms with Crippen molar-refractivity contribution in [1.82, 2.24) is 19.9 Å². The van der Waals surface area contributed by atoms with E-state index in [1.807, 2.05) is 38.3 Å². The number of rotatable bonds is 4. The van der Waals surface area contributed by atoms with Crippen LogP contribution in [0.1, 0.15) is 35.5 Å². The van der Waals surface area contributed by atoms with Gasteiger partial charge in [-0.3, -0.25) is 0 Å². The van der Waals surface area contributed by atoms with Crippen LogP contribution in [0.2, 0.25) is 0 Å².